The van der Waals surface area contributed by atoms with Gasteiger partial charge in [0.1, 0.15) is 0 Å². The molecule has 12 heavy (non-hydrogen) atoms. The molecule has 0 aliphatic carbocycles. The lowest BCUT2D eigenvalue weighted by molar-refractivity contribution is 0.420. The van der Waals surface area contributed by atoms with E-state index in [1.807, 2.05) is 26.0 Å². The lowest BCUT2D eigenvalue weighted by Gasteiger charge is -1.99. The largest absolute Gasteiger partial charge is 0.513 e. The van der Waals surface area contributed by atoms with Crippen LogP contribution in [0.25, 0.3) is 6.08 Å². The fourth-order valence-electron chi connectivity index (χ4n) is 1.19. The first-order valence-corrected chi connectivity index (χ1v) is 3.90. The highest BCUT2D eigenvalue weighted by molar-refractivity contribution is 5.51. The third kappa shape index (κ3) is 2.38. The van der Waals surface area contributed by atoms with Crippen molar-refractivity contribution in [2.45, 2.75) is 20.8 Å². The molecule has 1 aromatic rings. The maximum atomic E-state index is 9.03. The molecular formula is C10H13NO. The number of hydrogen-bond donors (Lipinski definition) is 1. The summed E-state index contributed by atoms with van der Waals surface area (Å²) >= 11 is 0. The molecular weight excluding hydrogens is 150 g/mol. The van der Waals surface area contributed by atoms with Gasteiger partial charge < -0.3 is 5.11 Å². The Morgan fingerprint density at radius 3 is 2.25 bits per heavy atom. The molecule has 0 unspecified atom stereocenters. The molecule has 0 saturated heterocycles. The second-order valence-electron chi connectivity index (χ2n) is 2.97. The van der Waals surface area contributed by atoms with Crippen LogP contribution in [0.4, 0.5) is 0 Å². The van der Waals surface area contributed by atoms with Gasteiger partial charge >= 0.3 is 0 Å². The van der Waals surface area contributed by atoms with E-state index in [1.54, 1.807) is 13.0 Å². The van der Waals surface area contributed by atoms with Crippen molar-refractivity contribution in [1.29, 1.82) is 0 Å². The number of aliphatic hydroxyl groups excluding tert-OH is 1. The van der Waals surface area contributed by atoms with E-state index in [0.717, 1.165) is 17.0 Å². The summed E-state index contributed by atoms with van der Waals surface area (Å²) in [5.74, 6) is 0.319. The summed E-state index contributed by atoms with van der Waals surface area (Å²) in [6.07, 6.45) is 1.72. The van der Waals surface area contributed by atoms with Crippen molar-refractivity contribution in [1.82, 2.24) is 4.98 Å². The maximum Gasteiger partial charge on any atom is 0.0897 e. The third-order valence-corrected chi connectivity index (χ3v) is 1.48. The van der Waals surface area contributed by atoms with E-state index in [4.69, 9.17) is 5.11 Å². The van der Waals surface area contributed by atoms with Gasteiger partial charge in [-0.25, -0.2) is 0 Å². The predicted molar refractivity (Wildman–Crippen MR) is 50.0 cm³/mol. The average Bonchev–Trinajstić information content (AvgIpc) is 1.81. The van der Waals surface area contributed by atoms with Gasteiger partial charge in [0.15, 0.2) is 0 Å². The van der Waals surface area contributed by atoms with Crippen LogP contribution in [-0.2, 0) is 0 Å². The zero-order valence-electron chi connectivity index (χ0n) is 7.63. The zero-order valence-corrected chi connectivity index (χ0v) is 7.63. The summed E-state index contributed by atoms with van der Waals surface area (Å²) in [5, 5.41) is 9.03. The van der Waals surface area contributed by atoms with Crippen LogP contribution in [0.3, 0.4) is 0 Å². The lowest BCUT2D eigenvalue weighted by Crippen LogP contribution is -1.87. The lowest BCUT2D eigenvalue weighted by atomic mass is 10.2. The third-order valence-electron chi connectivity index (χ3n) is 1.48. The van der Waals surface area contributed by atoms with Crippen LogP contribution in [0.2, 0.25) is 0 Å². The van der Waals surface area contributed by atoms with E-state index in [0.29, 0.717) is 5.76 Å². The average molecular weight is 163 g/mol. The Kier molecular flexibility index (Phi) is 2.48. The zero-order chi connectivity index (χ0) is 9.14. The number of pyridine rings is 1. The van der Waals surface area contributed by atoms with Gasteiger partial charge in [-0.05, 0) is 44.5 Å². The standard InChI is InChI=1S/C10H13NO/c1-7-4-10(6-9(3)12)5-8(2)11-7/h4-6,12H,1-3H3/b9-6-. The van der Waals surface area contributed by atoms with E-state index in [-0.39, 0.29) is 0 Å². The molecule has 0 aliphatic heterocycles. The minimum absolute atomic E-state index is 0.319. The molecule has 0 amide bonds. The molecule has 0 aliphatic rings. The molecule has 2 heteroatoms. The highest BCUT2D eigenvalue weighted by atomic mass is 16.3. The van der Waals surface area contributed by atoms with Gasteiger partial charge in [-0.2, -0.15) is 0 Å². The molecule has 0 spiro atoms. The Hall–Kier alpha value is -1.31. The topological polar surface area (TPSA) is 33.1 Å². The molecule has 0 bridgehead atoms. The van der Waals surface area contributed by atoms with Gasteiger partial charge in [-0.15, -0.1) is 0 Å². The number of nitrogens with zero attached hydrogens (tertiary/aromatic N) is 1. The van der Waals surface area contributed by atoms with Crippen LogP contribution < -0.4 is 0 Å². The van der Waals surface area contributed by atoms with Crippen LogP contribution in [0.5, 0.6) is 0 Å². The normalized spacial score (nSPS) is 11.8. The fourth-order valence-corrected chi connectivity index (χ4v) is 1.19. The van der Waals surface area contributed by atoms with E-state index in [2.05, 4.69) is 4.98 Å². The van der Waals surface area contributed by atoms with Gasteiger partial charge in [-0.1, -0.05) is 0 Å². The van der Waals surface area contributed by atoms with Crippen molar-refractivity contribution in [3.63, 3.8) is 0 Å². The Balaban J connectivity index is 3.09. The highest BCUT2D eigenvalue weighted by Gasteiger charge is 1.93. The number of rotatable bonds is 1. The van der Waals surface area contributed by atoms with Crippen molar-refractivity contribution in [3.05, 3.63) is 34.8 Å². The molecule has 0 fully saturated rings. The number of aryl methyl sites for hydroxylation is 2. The Labute approximate surface area is 72.6 Å². The minimum Gasteiger partial charge on any atom is -0.513 e. The van der Waals surface area contributed by atoms with E-state index >= 15 is 0 Å². The van der Waals surface area contributed by atoms with Gasteiger partial charge in [-0.3, -0.25) is 4.98 Å². The summed E-state index contributed by atoms with van der Waals surface area (Å²) in [7, 11) is 0. The highest BCUT2D eigenvalue weighted by Crippen LogP contribution is 2.08. The first-order valence-electron chi connectivity index (χ1n) is 3.90. The molecule has 1 N–H and O–H groups in total. The van der Waals surface area contributed by atoms with Gasteiger partial charge in [0, 0.05) is 11.4 Å². The maximum absolute atomic E-state index is 9.03. The summed E-state index contributed by atoms with van der Waals surface area (Å²) < 4.78 is 0. The van der Waals surface area contributed by atoms with Crippen molar-refractivity contribution < 1.29 is 5.11 Å². The second kappa shape index (κ2) is 3.39. The number of hydrogen-bond acceptors (Lipinski definition) is 2. The van der Waals surface area contributed by atoms with Crippen molar-refractivity contribution in [3.8, 4) is 0 Å². The summed E-state index contributed by atoms with van der Waals surface area (Å²) in [5.41, 5.74) is 2.95. The monoisotopic (exact) mass is 163 g/mol. The minimum atomic E-state index is 0.319. The number of aliphatic hydroxyl groups is 1. The van der Waals surface area contributed by atoms with E-state index in [1.165, 1.54) is 0 Å². The summed E-state index contributed by atoms with van der Waals surface area (Å²) in [6, 6.07) is 3.87. The number of allylic oxidation sites excluding steroid dienone is 1. The Morgan fingerprint density at radius 2 is 1.83 bits per heavy atom. The van der Waals surface area contributed by atoms with Crippen LogP contribution in [0.1, 0.15) is 23.9 Å². The van der Waals surface area contributed by atoms with Crippen molar-refractivity contribution in [2.24, 2.45) is 0 Å². The SMILES string of the molecule is C/C(O)=C/c1cc(C)nc(C)c1. The summed E-state index contributed by atoms with van der Waals surface area (Å²) in [4.78, 5) is 4.23. The molecule has 1 heterocycles. The molecule has 1 aromatic heterocycles. The van der Waals surface area contributed by atoms with E-state index < -0.39 is 0 Å². The van der Waals surface area contributed by atoms with Crippen molar-refractivity contribution in [2.75, 3.05) is 0 Å². The van der Waals surface area contributed by atoms with Crippen LogP contribution in [0.15, 0.2) is 17.9 Å². The second-order valence-corrected chi connectivity index (χ2v) is 2.97. The molecule has 1 rings (SSSR count). The van der Waals surface area contributed by atoms with Gasteiger partial charge in [0.25, 0.3) is 0 Å². The molecule has 0 saturated carbocycles. The molecule has 0 radical (unpaired) electrons. The fraction of sp³-hybridized carbons (Fsp3) is 0.300. The summed E-state index contributed by atoms with van der Waals surface area (Å²) in [6.45, 7) is 5.54. The first-order chi connectivity index (χ1) is 5.58. The molecule has 64 valence electrons. The van der Waals surface area contributed by atoms with Crippen LogP contribution in [-0.4, -0.2) is 10.1 Å². The van der Waals surface area contributed by atoms with Crippen LogP contribution >= 0.6 is 0 Å². The van der Waals surface area contributed by atoms with Gasteiger partial charge in [0.05, 0.1) is 5.76 Å². The van der Waals surface area contributed by atoms with Gasteiger partial charge in [0.2, 0.25) is 0 Å². The first kappa shape index (κ1) is 8.78. The molecule has 0 atom stereocenters. The number of aromatic nitrogens is 1. The van der Waals surface area contributed by atoms with Crippen molar-refractivity contribution >= 4 is 6.08 Å². The quantitative estimate of drug-likeness (QED) is 0.645. The van der Waals surface area contributed by atoms with E-state index in [9.17, 15) is 0 Å². The van der Waals surface area contributed by atoms with Crippen LogP contribution in [0, 0.1) is 13.8 Å². The molecule has 0 aromatic carbocycles. The predicted octanol–water partition coefficient (Wildman–Crippen LogP) is 2.62. The Morgan fingerprint density at radius 1 is 1.33 bits per heavy atom. The smallest absolute Gasteiger partial charge is 0.0897 e. The Bertz CT molecular complexity index is 291. The molecule has 2 nitrogen and oxygen atoms in total.